The van der Waals surface area contributed by atoms with Gasteiger partial charge < -0.3 is 14.5 Å². The Morgan fingerprint density at radius 3 is 2.50 bits per heavy atom. The molecule has 1 aromatic heterocycles. The topological polar surface area (TPSA) is 98.8 Å². The molecule has 3 heterocycles. The normalized spacial score (nSPS) is 17.4. The molecule has 0 atom stereocenters. The van der Waals surface area contributed by atoms with E-state index in [4.69, 9.17) is 4.74 Å². The summed E-state index contributed by atoms with van der Waals surface area (Å²) in [6.07, 6.45) is 1.58. The molecule has 1 aromatic carbocycles. The van der Waals surface area contributed by atoms with E-state index in [-0.39, 0.29) is 24.9 Å². The third-order valence-corrected chi connectivity index (χ3v) is 4.98. The van der Waals surface area contributed by atoms with Gasteiger partial charge in [-0.05, 0) is 17.2 Å². The molecule has 4 amide bonds. The quantitative estimate of drug-likeness (QED) is 0.818. The monoisotopic (exact) mass is 383 g/mol. The Bertz CT molecular complexity index is 865. The third kappa shape index (κ3) is 3.68. The maximum Gasteiger partial charge on any atom is 0.410 e. The summed E-state index contributed by atoms with van der Waals surface area (Å²) in [6.45, 7) is 2.13. The van der Waals surface area contributed by atoms with Gasteiger partial charge in [-0.25, -0.2) is 9.59 Å². The number of nitrogens with one attached hydrogen (secondary N) is 1. The lowest BCUT2D eigenvalue weighted by molar-refractivity contribution is -0.131. The van der Waals surface area contributed by atoms with E-state index in [0.717, 1.165) is 16.8 Å². The van der Waals surface area contributed by atoms with E-state index in [2.05, 4.69) is 10.2 Å². The van der Waals surface area contributed by atoms with Gasteiger partial charge >= 0.3 is 12.1 Å². The summed E-state index contributed by atoms with van der Waals surface area (Å²) >= 11 is 0. The van der Waals surface area contributed by atoms with Crippen molar-refractivity contribution < 1.29 is 19.1 Å². The van der Waals surface area contributed by atoms with Crippen molar-refractivity contribution in [2.75, 3.05) is 32.8 Å². The summed E-state index contributed by atoms with van der Waals surface area (Å²) in [5, 5.41) is 6.86. The first-order valence-electron chi connectivity index (χ1n) is 9.21. The maximum atomic E-state index is 12.8. The Kier molecular flexibility index (Phi) is 4.96. The van der Waals surface area contributed by atoms with E-state index >= 15 is 0 Å². The minimum Gasteiger partial charge on any atom is -0.448 e. The van der Waals surface area contributed by atoms with Crippen molar-refractivity contribution >= 4 is 18.0 Å². The molecular weight excluding hydrogens is 362 g/mol. The average molecular weight is 383 g/mol. The summed E-state index contributed by atoms with van der Waals surface area (Å²) in [7, 11) is 0. The highest BCUT2D eigenvalue weighted by molar-refractivity contribution is 5.96. The number of cyclic esters (lactones) is 1. The minimum absolute atomic E-state index is 0.183. The molecule has 2 saturated heterocycles. The number of amides is 4. The number of imide groups is 1. The van der Waals surface area contributed by atoms with E-state index in [1.54, 1.807) is 11.1 Å². The van der Waals surface area contributed by atoms with Crippen molar-refractivity contribution in [2.24, 2.45) is 0 Å². The molecule has 0 aliphatic carbocycles. The van der Waals surface area contributed by atoms with E-state index in [1.807, 2.05) is 30.3 Å². The number of aromatic nitrogens is 2. The van der Waals surface area contributed by atoms with Crippen molar-refractivity contribution in [3.8, 4) is 11.3 Å². The Labute approximate surface area is 161 Å². The molecule has 0 radical (unpaired) electrons. The number of ether oxygens (including phenoxy) is 1. The van der Waals surface area contributed by atoms with E-state index < -0.39 is 6.09 Å². The van der Waals surface area contributed by atoms with Gasteiger partial charge in [-0.2, -0.15) is 5.10 Å². The van der Waals surface area contributed by atoms with Crippen molar-refractivity contribution in [3.63, 3.8) is 0 Å². The Morgan fingerprint density at radius 2 is 1.82 bits per heavy atom. The van der Waals surface area contributed by atoms with Crippen LogP contribution in [0.4, 0.5) is 9.59 Å². The molecule has 0 saturated carbocycles. The van der Waals surface area contributed by atoms with Crippen LogP contribution in [-0.4, -0.2) is 75.7 Å². The Balaban J connectivity index is 1.38. The van der Waals surface area contributed by atoms with Gasteiger partial charge in [0.15, 0.2) is 0 Å². The van der Waals surface area contributed by atoms with Crippen molar-refractivity contribution in [1.82, 2.24) is 24.9 Å². The zero-order chi connectivity index (χ0) is 19.5. The van der Waals surface area contributed by atoms with E-state index in [0.29, 0.717) is 32.8 Å². The number of hydrogen-bond donors (Lipinski definition) is 1. The molecule has 0 bridgehead atoms. The highest BCUT2D eigenvalue weighted by atomic mass is 16.6. The zero-order valence-corrected chi connectivity index (χ0v) is 15.3. The van der Waals surface area contributed by atoms with Crippen molar-refractivity contribution in [2.45, 2.75) is 13.0 Å². The van der Waals surface area contributed by atoms with E-state index in [1.165, 1.54) is 9.80 Å². The van der Waals surface area contributed by atoms with Gasteiger partial charge in [0.2, 0.25) is 5.91 Å². The lowest BCUT2D eigenvalue weighted by Crippen LogP contribution is -2.53. The minimum atomic E-state index is -0.397. The smallest absolute Gasteiger partial charge is 0.410 e. The van der Waals surface area contributed by atoms with Crippen LogP contribution in [0.15, 0.2) is 36.5 Å². The van der Waals surface area contributed by atoms with Gasteiger partial charge in [-0.3, -0.25) is 14.8 Å². The largest absolute Gasteiger partial charge is 0.448 e. The number of carbonyl (C=O) groups excluding carboxylic acids is 3. The predicted octanol–water partition coefficient (Wildman–Crippen LogP) is 1.68. The van der Waals surface area contributed by atoms with E-state index in [9.17, 15) is 14.4 Å². The molecule has 2 aliphatic rings. The lowest BCUT2D eigenvalue weighted by atomic mass is 10.1. The molecule has 2 fully saturated rings. The molecule has 9 nitrogen and oxygen atoms in total. The van der Waals surface area contributed by atoms with Crippen LogP contribution in [0.2, 0.25) is 0 Å². The number of carbonyl (C=O) groups is 3. The SMILES string of the molecule is O=C1OCCN1CCN1C(=O)CCN(Cc2ccc(-c3ccn[nH]3)cc2)C1=O. The van der Waals surface area contributed by atoms with Gasteiger partial charge in [-0.1, -0.05) is 24.3 Å². The highest BCUT2D eigenvalue weighted by Gasteiger charge is 2.33. The molecule has 0 spiro atoms. The molecule has 2 aromatic rings. The number of rotatable bonds is 6. The van der Waals surface area contributed by atoms with Crippen LogP contribution in [0.3, 0.4) is 0 Å². The fraction of sp³-hybridized carbons (Fsp3) is 0.368. The average Bonchev–Trinajstić information content (AvgIpc) is 3.37. The highest BCUT2D eigenvalue weighted by Crippen LogP contribution is 2.19. The predicted molar refractivity (Wildman–Crippen MR) is 99.1 cm³/mol. The Morgan fingerprint density at radius 1 is 1.00 bits per heavy atom. The van der Waals surface area contributed by atoms with Crippen LogP contribution >= 0.6 is 0 Å². The fourth-order valence-electron chi connectivity index (χ4n) is 3.38. The molecule has 4 rings (SSSR count). The summed E-state index contributed by atoms with van der Waals surface area (Å²) in [4.78, 5) is 40.9. The van der Waals surface area contributed by atoms with Crippen LogP contribution < -0.4 is 0 Å². The second-order valence-corrected chi connectivity index (χ2v) is 6.77. The first-order valence-corrected chi connectivity index (χ1v) is 9.21. The van der Waals surface area contributed by atoms with Gasteiger partial charge in [0.05, 0.1) is 12.2 Å². The number of benzene rings is 1. The summed E-state index contributed by atoms with van der Waals surface area (Å²) in [6, 6.07) is 9.44. The molecule has 1 N–H and O–H groups in total. The molecule has 28 heavy (non-hydrogen) atoms. The summed E-state index contributed by atoms with van der Waals surface area (Å²) in [5.74, 6) is -0.205. The molecule has 9 heteroatoms. The van der Waals surface area contributed by atoms with Crippen LogP contribution in [0.25, 0.3) is 11.3 Å². The van der Waals surface area contributed by atoms with Crippen molar-refractivity contribution in [3.05, 3.63) is 42.1 Å². The first-order chi connectivity index (χ1) is 13.6. The van der Waals surface area contributed by atoms with Crippen molar-refractivity contribution in [1.29, 1.82) is 0 Å². The van der Waals surface area contributed by atoms with Crippen LogP contribution in [0, 0.1) is 0 Å². The molecule has 2 aliphatic heterocycles. The molecular formula is C19H21N5O4. The third-order valence-electron chi connectivity index (χ3n) is 4.98. The fourth-order valence-corrected chi connectivity index (χ4v) is 3.38. The number of aromatic amines is 1. The standard InChI is InChI=1S/C19H21N5O4/c25-17-6-8-23(18(26)24(17)10-9-22-11-12-28-19(22)27)13-14-1-3-15(4-2-14)16-5-7-20-21-16/h1-5,7H,6,8-13H2,(H,20,21). The van der Waals surface area contributed by atoms with Crippen LogP contribution in [-0.2, 0) is 16.1 Å². The molecule has 0 unspecified atom stereocenters. The summed E-state index contributed by atoms with van der Waals surface area (Å²) < 4.78 is 4.88. The number of urea groups is 1. The van der Waals surface area contributed by atoms with Gasteiger partial charge in [0.25, 0.3) is 0 Å². The summed E-state index contributed by atoms with van der Waals surface area (Å²) in [5.41, 5.74) is 2.92. The Hall–Kier alpha value is -3.36. The van der Waals surface area contributed by atoms with Gasteiger partial charge in [0.1, 0.15) is 6.61 Å². The second kappa shape index (κ2) is 7.71. The van der Waals surface area contributed by atoms with Crippen LogP contribution in [0.5, 0.6) is 0 Å². The van der Waals surface area contributed by atoms with Crippen LogP contribution in [0.1, 0.15) is 12.0 Å². The zero-order valence-electron chi connectivity index (χ0n) is 15.3. The lowest BCUT2D eigenvalue weighted by Gasteiger charge is -2.34. The van der Waals surface area contributed by atoms with Gasteiger partial charge in [0, 0.05) is 38.8 Å². The van der Waals surface area contributed by atoms with Gasteiger partial charge in [-0.15, -0.1) is 0 Å². The number of nitrogens with zero attached hydrogens (tertiary/aromatic N) is 4. The first kappa shape index (κ1) is 18.0. The maximum absolute atomic E-state index is 12.8. The molecule has 146 valence electrons. The number of hydrogen-bond acceptors (Lipinski definition) is 5. The second-order valence-electron chi connectivity index (χ2n) is 6.77. The number of H-pyrrole nitrogens is 1.